The molecule has 2 aliphatic rings. The Bertz CT molecular complexity index is 683. The van der Waals surface area contributed by atoms with E-state index in [2.05, 4.69) is 49.6 Å². The molecule has 1 aromatic rings. The van der Waals surface area contributed by atoms with Crippen LogP contribution < -0.4 is 15.5 Å². The normalized spacial score (nSPS) is 18.7. The minimum Gasteiger partial charge on any atom is -0.379 e. The van der Waals surface area contributed by atoms with Crippen molar-refractivity contribution in [3.63, 3.8) is 0 Å². The van der Waals surface area contributed by atoms with Crippen LogP contribution in [0.2, 0.25) is 0 Å². The number of amides is 2. The van der Waals surface area contributed by atoms with E-state index in [1.165, 1.54) is 12.8 Å². The van der Waals surface area contributed by atoms with Gasteiger partial charge in [0.15, 0.2) is 0 Å². The Labute approximate surface area is 179 Å². The average molecular weight is 418 g/mol. The third kappa shape index (κ3) is 6.42. The quantitative estimate of drug-likeness (QED) is 0.599. The lowest BCUT2D eigenvalue weighted by Crippen LogP contribution is -2.46. The molecule has 0 aromatic heterocycles. The molecule has 8 heteroatoms. The van der Waals surface area contributed by atoms with Crippen molar-refractivity contribution in [1.29, 1.82) is 0 Å². The summed E-state index contributed by atoms with van der Waals surface area (Å²) < 4.78 is 5.32. The molecule has 1 atom stereocenters. The summed E-state index contributed by atoms with van der Waals surface area (Å²) in [6.07, 6.45) is 2.34. The van der Waals surface area contributed by atoms with Crippen LogP contribution in [0.5, 0.6) is 0 Å². The van der Waals surface area contributed by atoms with Crippen LogP contribution in [0.3, 0.4) is 0 Å². The fourth-order valence-electron chi connectivity index (χ4n) is 4.01. The number of nitrogens with zero attached hydrogens (tertiary/aromatic N) is 3. The van der Waals surface area contributed by atoms with Gasteiger partial charge in [-0.2, -0.15) is 0 Å². The summed E-state index contributed by atoms with van der Waals surface area (Å²) in [4.78, 5) is 31.2. The van der Waals surface area contributed by atoms with Gasteiger partial charge in [-0.3, -0.25) is 19.4 Å². The summed E-state index contributed by atoms with van der Waals surface area (Å²) in [6.45, 7) is 6.84. The number of rotatable bonds is 8. The predicted octanol–water partition coefficient (Wildman–Crippen LogP) is 0.454. The van der Waals surface area contributed by atoms with Gasteiger partial charge in [-0.05, 0) is 43.6 Å². The smallest absolute Gasteiger partial charge is 0.309 e. The number of carbonyl (C=O) groups excluding carboxylic acids is 2. The maximum absolute atomic E-state index is 12.3. The van der Waals surface area contributed by atoms with E-state index in [1.807, 2.05) is 14.1 Å². The zero-order valence-corrected chi connectivity index (χ0v) is 18.2. The number of nitrogens with one attached hydrogen (secondary N) is 2. The molecule has 1 aromatic carbocycles. The van der Waals surface area contributed by atoms with Crippen molar-refractivity contribution >= 4 is 17.5 Å². The van der Waals surface area contributed by atoms with Crippen molar-refractivity contribution in [2.45, 2.75) is 18.9 Å². The first-order chi connectivity index (χ1) is 14.5. The molecule has 0 aliphatic carbocycles. The lowest BCUT2D eigenvalue weighted by molar-refractivity contribution is -0.139. The number of carbonyl (C=O) groups is 2. The lowest BCUT2D eigenvalue weighted by atomic mass is 10.0. The Morgan fingerprint density at radius 3 is 2.27 bits per heavy atom. The van der Waals surface area contributed by atoms with Gasteiger partial charge in [0.2, 0.25) is 0 Å². The second-order valence-electron chi connectivity index (χ2n) is 8.16. The van der Waals surface area contributed by atoms with Crippen LogP contribution in [0, 0.1) is 0 Å². The number of benzene rings is 1. The average Bonchev–Trinajstić information content (AvgIpc) is 3.29. The lowest BCUT2D eigenvalue weighted by Gasteiger charge is -2.28. The van der Waals surface area contributed by atoms with E-state index >= 15 is 0 Å². The Kier molecular flexibility index (Phi) is 8.48. The summed E-state index contributed by atoms with van der Waals surface area (Å²) in [5, 5.41) is 5.58. The zero-order chi connectivity index (χ0) is 21.3. The summed E-state index contributed by atoms with van der Waals surface area (Å²) in [5.41, 5.74) is 2.30. The fourth-order valence-corrected chi connectivity index (χ4v) is 4.01. The first kappa shape index (κ1) is 22.5. The minimum absolute atomic E-state index is 0.0776. The van der Waals surface area contributed by atoms with Gasteiger partial charge in [0, 0.05) is 52.5 Å². The van der Waals surface area contributed by atoms with Crippen LogP contribution in [0.25, 0.3) is 0 Å². The Morgan fingerprint density at radius 2 is 1.63 bits per heavy atom. The van der Waals surface area contributed by atoms with Crippen LogP contribution >= 0.6 is 0 Å². The van der Waals surface area contributed by atoms with Gasteiger partial charge in [-0.15, -0.1) is 0 Å². The van der Waals surface area contributed by atoms with E-state index in [4.69, 9.17) is 4.74 Å². The van der Waals surface area contributed by atoms with Gasteiger partial charge in [0.05, 0.1) is 19.3 Å². The van der Waals surface area contributed by atoms with E-state index in [9.17, 15) is 9.59 Å². The van der Waals surface area contributed by atoms with Crippen molar-refractivity contribution in [2.75, 3.05) is 78.0 Å². The van der Waals surface area contributed by atoms with Crippen molar-refractivity contribution < 1.29 is 14.3 Å². The van der Waals surface area contributed by atoms with Gasteiger partial charge >= 0.3 is 11.8 Å². The molecule has 2 heterocycles. The third-order valence-corrected chi connectivity index (χ3v) is 5.86. The SMILES string of the molecule is CN(C)c1ccc([C@@H](CNC(=O)C(=O)NCCN2CCOCC2)N2CCCC2)cc1. The number of likely N-dealkylation sites (tertiary alicyclic amines) is 1. The van der Waals surface area contributed by atoms with Gasteiger partial charge in [-0.25, -0.2) is 0 Å². The summed E-state index contributed by atoms with van der Waals surface area (Å²) in [5.74, 6) is -1.13. The highest BCUT2D eigenvalue weighted by molar-refractivity contribution is 6.35. The number of morpholine rings is 1. The van der Waals surface area contributed by atoms with Gasteiger partial charge < -0.3 is 20.3 Å². The molecule has 2 fully saturated rings. The second kappa shape index (κ2) is 11.3. The highest BCUT2D eigenvalue weighted by Gasteiger charge is 2.25. The predicted molar refractivity (Wildman–Crippen MR) is 118 cm³/mol. The fraction of sp³-hybridized carbons (Fsp3) is 0.636. The first-order valence-electron chi connectivity index (χ1n) is 10.9. The monoisotopic (exact) mass is 417 g/mol. The van der Waals surface area contributed by atoms with E-state index in [0.29, 0.717) is 13.1 Å². The van der Waals surface area contributed by atoms with E-state index in [1.54, 1.807) is 0 Å². The highest BCUT2D eigenvalue weighted by atomic mass is 16.5. The molecular formula is C22H35N5O3. The summed E-state index contributed by atoms with van der Waals surface area (Å²) in [7, 11) is 4.04. The van der Waals surface area contributed by atoms with Crippen LogP contribution in [0.1, 0.15) is 24.4 Å². The largest absolute Gasteiger partial charge is 0.379 e. The van der Waals surface area contributed by atoms with Crippen LogP contribution in [-0.4, -0.2) is 94.7 Å². The molecule has 30 heavy (non-hydrogen) atoms. The molecule has 166 valence electrons. The van der Waals surface area contributed by atoms with Crippen LogP contribution in [-0.2, 0) is 14.3 Å². The zero-order valence-electron chi connectivity index (χ0n) is 18.2. The first-order valence-corrected chi connectivity index (χ1v) is 10.9. The van der Waals surface area contributed by atoms with Crippen molar-refractivity contribution in [1.82, 2.24) is 20.4 Å². The second-order valence-corrected chi connectivity index (χ2v) is 8.16. The third-order valence-electron chi connectivity index (χ3n) is 5.86. The van der Waals surface area contributed by atoms with Crippen molar-refractivity contribution in [3.05, 3.63) is 29.8 Å². The molecule has 0 radical (unpaired) electrons. The molecular weight excluding hydrogens is 382 g/mol. The molecule has 0 spiro atoms. The summed E-state index contributed by atoms with van der Waals surface area (Å²) >= 11 is 0. The standard InChI is InChI=1S/C22H35N5O3/c1-25(2)19-7-5-18(6-8-19)20(27-10-3-4-11-27)17-24-22(29)21(28)23-9-12-26-13-15-30-16-14-26/h5-8,20H,3-4,9-17H2,1-2H3,(H,23,28)(H,24,29)/t20-/m1/s1. The maximum atomic E-state index is 12.3. The molecule has 3 rings (SSSR count). The minimum atomic E-state index is -0.564. The molecule has 0 unspecified atom stereocenters. The molecule has 0 bridgehead atoms. The number of anilines is 1. The van der Waals surface area contributed by atoms with Crippen LogP contribution in [0.4, 0.5) is 5.69 Å². The van der Waals surface area contributed by atoms with E-state index in [0.717, 1.165) is 57.2 Å². The number of hydrogen-bond acceptors (Lipinski definition) is 6. The molecule has 2 amide bonds. The van der Waals surface area contributed by atoms with Crippen molar-refractivity contribution in [2.24, 2.45) is 0 Å². The Morgan fingerprint density at radius 1 is 1.00 bits per heavy atom. The van der Waals surface area contributed by atoms with Gasteiger partial charge in [0.1, 0.15) is 0 Å². The Balaban J connectivity index is 1.50. The molecule has 2 aliphatic heterocycles. The molecule has 2 N–H and O–H groups in total. The Hall–Kier alpha value is -2.16. The molecule has 0 saturated carbocycles. The van der Waals surface area contributed by atoms with Crippen molar-refractivity contribution in [3.8, 4) is 0 Å². The van der Waals surface area contributed by atoms with Gasteiger partial charge in [-0.1, -0.05) is 12.1 Å². The molecule has 2 saturated heterocycles. The topological polar surface area (TPSA) is 77.2 Å². The maximum Gasteiger partial charge on any atom is 0.309 e. The van der Waals surface area contributed by atoms with Crippen LogP contribution in [0.15, 0.2) is 24.3 Å². The number of hydrogen-bond donors (Lipinski definition) is 2. The van der Waals surface area contributed by atoms with Gasteiger partial charge in [0.25, 0.3) is 0 Å². The van der Waals surface area contributed by atoms with E-state index in [-0.39, 0.29) is 6.04 Å². The van der Waals surface area contributed by atoms with E-state index < -0.39 is 11.8 Å². The number of ether oxygens (including phenoxy) is 1. The molecule has 8 nitrogen and oxygen atoms in total. The highest BCUT2D eigenvalue weighted by Crippen LogP contribution is 2.26. The summed E-state index contributed by atoms with van der Waals surface area (Å²) in [6, 6.07) is 8.51.